The van der Waals surface area contributed by atoms with Crippen LogP contribution in [0.25, 0.3) is 11.2 Å². The first kappa shape index (κ1) is 23.7. The molecule has 11 nitrogen and oxygen atoms in total. The van der Waals surface area contributed by atoms with Gasteiger partial charge in [-0.3, -0.25) is 0 Å². The van der Waals surface area contributed by atoms with Crippen molar-refractivity contribution in [1.82, 2.24) is 25.3 Å². The molecule has 0 aliphatic carbocycles. The van der Waals surface area contributed by atoms with Crippen molar-refractivity contribution < 1.29 is 19.4 Å². The number of nitrogens with one attached hydrogen (secondary N) is 3. The molecule has 34 heavy (non-hydrogen) atoms. The molecule has 1 aliphatic rings. The summed E-state index contributed by atoms with van der Waals surface area (Å²) >= 11 is 5.43. The fourth-order valence-corrected chi connectivity index (χ4v) is 3.95. The Bertz CT molecular complexity index is 1150. The van der Waals surface area contributed by atoms with Crippen molar-refractivity contribution in [3.63, 3.8) is 0 Å². The molecule has 12 heteroatoms. The molecular formula is C22H27N7O4S. The van der Waals surface area contributed by atoms with Crippen LogP contribution in [-0.2, 0) is 0 Å². The number of fused-ring (bicyclic) bond motifs is 1. The summed E-state index contributed by atoms with van der Waals surface area (Å²) in [5, 5.41) is 20.9. The highest BCUT2D eigenvalue weighted by molar-refractivity contribution is 7.80. The van der Waals surface area contributed by atoms with Crippen LogP contribution in [0.1, 0.15) is 12.8 Å². The molecule has 0 unspecified atom stereocenters. The summed E-state index contributed by atoms with van der Waals surface area (Å²) in [6, 6.07) is 7.40. The molecule has 1 saturated heterocycles. The average molecular weight is 486 g/mol. The number of hydrogen-bond donors (Lipinski definition) is 4. The van der Waals surface area contributed by atoms with Crippen LogP contribution >= 0.6 is 12.2 Å². The second kappa shape index (κ2) is 10.6. The van der Waals surface area contributed by atoms with Crippen LogP contribution in [0, 0.1) is 0 Å². The minimum atomic E-state index is 0.206. The van der Waals surface area contributed by atoms with E-state index in [1.54, 1.807) is 45.7 Å². The van der Waals surface area contributed by atoms with E-state index in [9.17, 15) is 5.21 Å². The largest absolute Gasteiger partial charge is 0.493 e. The van der Waals surface area contributed by atoms with Gasteiger partial charge in [0.2, 0.25) is 5.75 Å². The van der Waals surface area contributed by atoms with Gasteiger partial charge in [-0.1, -0.05) is 0 Å². The third-order valence-corrected chi connectivity index (χ3v) is 5.61. The summed E-state index contributed by atoms with van der Waals surface area (Å²) in [5.74, 6) is 2.61. The lowest BCUT2D eigenvalue weighted by molar-refractivity contribution is -0.107. The highest BCUT2D eigenvalue weighted by Crippen LogP contribution is 2.40. The van der Waals surface area contributed by atoms with E-state index in [0.29, 0.717) is 63.9 Å². The molecule has 1 aromatic carbocycles. The smallest absolute Gasteiger partial charge is 0.203 e. The van der Waals surface area contributed by atoms with Crippen molar-refractivity contribution in [3.05, 3.63) is 30.5 Å². The van der Waals surface area contributed by atoms with Crippen molar-refractivity contribution in [2.24, 2.45) is 0 Å². The van der Waals surface area contributed by atoms with E-state index in [1.165, 1.54) is 5.06 Å². The van der Waals surface area contributed by atoms with Gasteiger partial charge in [0.05, 0.1) is 27.5 Å². The highest BCUT2D eigenvalue weighted by Gasteiger charge is 2.18. The van der Waals surface area contributed by atoms with Crippen molar-refractivity contribution in [2.45, 2.75) is 18.9 Å². The van der Waals surface area contributed by atoms with E-state index in [4.69, 9.17) is 26.4 Å². The highest BCUT2D eigenvalue weighted by atomic mass is 32.1. The molecule has 0 atom stereocenters. The van der Waals surface area contributed by atoms with Crippen molar-refractivity contribution in [1.29, 1.82) is 0 Å². The van der Waals surface area contributed by atoms with Gasteiger partial charge in [-0.05, 0) is 37.2 Å². The zero-order valence-corrected chi connectivity index (χ0v) is 20.0. The fraction of sp³-hybridized carbons (Fsp3) is 0.364. The molecule has 4 N–H and O–H groups in total. The number of nitrogens with zero attached hydrogens (tertiary/aromatic N) is 4. The summed E-state index contributed by atoms with van der Waals surface area (Å²) < 4.78 is 16.2. The third-order valence-electron chi connectivity index (χ3n) is 5.39. The number of methoxy groups -OCH3 is 3. The second-order valence-corrected chi connectivity index (χ2v) is 8.07. The molecule has 3 aromatic rings. The second-order valence-electron chi connectivity index (χ2n) is 7.66. The Morgan fingerprint density at radius 2 is 1.71 bits per heavy atom. The van der Waals surface area contributed by atoms with Gasteiger partial charge in [-0.15, -0.1) is 0 Å². The molecule has 2 aromatic heterocycles. The number of piperidine rings is 1. The number of hydrogen-bond acceptors (Lipinski definition) is 10. The molecule has 0 saturated carbocycles. The van der Waals surface area contributed by atoms with Gasteiger partial charge in [0.1, 0.15) is 11.3 Å². The van der Waals surface area contributed by atoms with Crippen LogP contribution in [0.3, 0.4) is 0 Å². The molecule has 0 radical (unpaired) electrons. The molecule has 0 bridgehead atoms. The lowest BCUT2D eigenvalue weighted by Gasteiger charge is -2.28. The van der Waals surface area contributed by atoms with Gasteiger partial charge >= 0.3 is 0 Å². The van der Waals surface area contributed by atoms with Crippen LogP contribution in [0.5, 0.6) is 17.2 Å². The van der Waals surface area contributed by atoms with Gasteiger partial charge in [0.15, 0.2) is 28.1 Å². The van der Waals surface area contributed by atoms with Crippen LogP contribution in [0.4, 0.5) is 17.3 Å². The van der Waals surface area contributed by atoms with Gasteiger partial charge in [0.25, 0.3) is 0 Å². The zero-order valence-electron chi connectivity index (χ0n) is 19.2. The Balaban J connectivity index is 1.49. The number of aromatic nitrogens is 3. The summed E-state index contributed by atoms with van der Waals surface area (Å²) in [7, 11) is 4.67. The van der Waals surface area contributed by atoms with E-state index >= 15 is 0 Å². The normalized spacial score (nSPS) is 14.5. The number of benzene rings is 1. The Morgan fingerprint density at radius 1 is 1.03 bits per heavy atom. The summed E-state index contributed by atoms with van der Waals surface area (Å²) in [6.07, 6.45) is 3.25. The maximum absolute atomic E-state index is 9.50. The quantitative estimate of drug-likeness (QED) is 0.368. The zero-order chi connectivity index (χ0) is 24.1. The third kappa shape index (κ3) is 5.53. The van der Waals surface area contributed by atoms with Crippen molar-refractivity contribution in [2.75, 3.05) is 45.1 Å². The molecule has 4 rings (SSSR count). The summed E-state index contributed by atoms with van der Waals surface area (Å²) in [6.45, 7) is 1.23. The monoisotopic (exact) mass is 485 g/mol. The predicted molar refractivity (Wildman–Crippen MR) is 132 cm³/mol. The van der Waals surface area contributed by atoms with E-state index in [2.05, 4.69) is 30.9 Å². The molecular weight excluding hydrogens is 458 g/mol. The van der Waals surface area contributed by atoms with Crippen molar-refractivity contribution in [3.8, 4) is 17.2 Å². The van der Waals surface area contributed by atoms with Gasteiger partial charge in [-0.2, -0.15) is 5.06 Å². The van der Waals surface area contributed by atoms with E-state index in [1.807, 2.05) is 6.07 Å². The number of pyridine rings is 1. The Kier molecular flexibility index (Phi) is 7.40. The number of thiocarbonyl (C=S) groups is 1. The molecule has 180 valence electrons. The molecule has 3 heterocycles. The van der Waals surface area contributed by atoms with Crippen LogP contribution in [0.2, 0.25) is 0 Å². The van der Waals surface area contributed by atoms with E-state index < -0.39 is 0 Å². The number of rotatable bonds is 7. The standard InChI is InChI=1S/C22H27N7O4S/c1-31-16-10-14(11-17(32-2)20(16)33-3)24-19-12-23-15-4-5-18(26-21(15)27-19)28-22(34)25-13-6-8-29(30)9-7-13/h4-5,10-13,30H,6-9H2,1-3H3,(H3,24,25,26,27,28,34). The van der Waals surface area contributed by atoms with E-state index in [0.717, 1.165) is 12.8 Å². The van der Waals surface area contributed by atoms with Gasteiger partial charge < -0.3 is 35.4 Å². The van der Waals surface area contributed by atoms with Gasteiger partial charge in [-0.25, -0.2) is 15.0 Å². The average Bonchev–Trinajstić information content (AvgIpc) is 2.84. The SMILES string of the molecule is COc1cc(Nc2cnc3ccc(NC(=S)NC4CCN(O)CC4)nc3n2)cc(OC)c1OC. The summed E-state index contributed by atoms with van der Waals surface area (Å²) in [5.41, 5.74) is 1.80. The molecule has 1 fully saturated rings. The number of anilines is 3. The lowest BCUT2D eigenvalue weighted by atomic mass is 10.1. The summed E-state index contributed by atoms with van der Waals surface area (Å²) in [4.78, 5) is 13.6. The first-order valence-electron chi connectivity index (χ1n) is 10.7. The molecule has 0 spiro atoms. The fourth-order valence-electron chi connectivity index (χ4n) is 3.68. The number of ether oxygens (including phenoxy) is 3. The minimum absolute atomic E-state index is 0.206. The maximum Gasteiger partial charge on any atom is 0.203 e. The Morgan fingerprint density at radius 3 is 2.35 bits per heavy atom. The maximum atomic E-state index is 9.50. The van der Waals surface area contributed by atoms with E-state index in [-0.39, 0.29) is 6.04 Å². The first-order valence-corrected chi connectivity index (χ1v) is 11.1. The van der Waals surface area contributed by atoms with Crippen LogP contribution in [-0.4, -0.2) is 70.8 Å². The minimum Gasteiger partial charge on any atom is -0.493 e. The first-order chi connectivity index (χ1) is 16.5. The Labute approximate surface area is 202 Å². The topological polar surface area (TPSA) is 126 Å². The van der Waals surface area contributed by atoms with Gasteiger partial charge in [0, 0.05) is 37.0 Å². The van der Waals surface area contributed by atoms with Crippen LogP contribution < -0.4 is 30.2 Å². The van der Waals surface area contributed by atoms with Crippen LogP contribution in [0.15, 0.2) is 30.5 Å². The van der Waals surface area contributed by atoms with Crippen molar-refractivity contribution >= 4 is 45.8 Å². The number of hydroxylamine groups is 2. The molecule has 1 aliphatic heterocycles. The lowest BCUT2D eigenvalue weighted by Crippen LogP contribution is -2.45. The molecule has 0 amide bonds. The predicted octanol–water partition coefficient (Wildman–Crippen LogP) is 2.93. The Hall–Kier alpha value is -3.48.